The van der Waals surface area contributed by atoms with Gasteiger partial charge in [-0.3, -0.25) is 0 Å². The normalized spacial score (nSPS) is 10.6. The van der Waals surface area contributed by atoms with Gasteiger partial charge in [0.2, 0.25) is 0 Å². The molecule has 2 aromatic rings. The minimum atomic E-state index is -0.551. The molecule has 0 spiro atoms. The van der Waals surface area contributed by atoms with E-state index in [1.54, 1.807) is 6.07 Å². The first-order valence-corrected chi connectivity index (χ1v) is 4.80. The van der Waals surface area contributed by atoms with Crippen LogP contribution < -0.4 is 5.32 Å². The topological polar surface area (TPSA) is 38.1 Å². The average Bonchev–Trinajstić information content (AvgIpc) is 2.75. The van der Waals surface area contributed by atoms with Gasteiger partial charge >= 0.3 is 0 Å². The van der Waals surface area contributed by atoms with Crippen molar-refractivity contribution in [1.82, 2.24) is 10.5 Å². The molecule has 0 amide bonds. The van der Waals surface area contributed by atoms with Gasteiger partial charge in [-0.1, -0.05) is 11.2 Å². The van der Waals surface area contributed by atoms with Crippen LogP contribution in [0.2, 0.25) is 0 Å². The fraction of sp³-hybridized carbons (Fsp3) is 0.182. The first-order chi connectivity index (χ1) is 7.77. The van der Waals surface area contributed by atoms with E-state index in [4.69, 9.17) is 4.52 Å². The second-order valence-corrected chi connectivity index (χ2v) is 3.28. The Morgan fingerprint density at radius 2 is 1.88 bits per heavy atom. The molecule has 0 saturated carbocycles. The monoisotopic (exact) mass is 224 g/mol. The van der Waals surface area contributed by atoms with Gasteiger partial charge in [-0.05, 0) is 12.1 Å². The van der Waals surface area contributed by atoms with Gasteiger partial charge in [-0.2, -0.15) is 0 Å². The first kappa shape index (κ1) is 10.8. The maximum absolute atomic E-state index is 13.2. The summed E-state index contributed by atoms with van der Waals surface area (Å²) in [6.45, 7) is 0.493. The molecule has 1 N–H and O–H groups in total. The lowest BCUT2D eigenvalue weighted by atomic mass is 10.2. The van der Waals surface area contributed by atoms with Crippen LogP contribution in [0.5, 0.6) is 0 Å². The van der Waals surface area contributed by atoms with Gasteiger partial charge in [0.25, 0.3) is 0 Å². The molecule has 0 bridgehead atoms. The second kappa shape index (κ2) is 4.85. The zero-order valence-electron chi connectivity index (χ0n) is 8.41. The van der Waals surface area contributed by atoms with E-state index in [0.717, 1.165) is 0 Å². The summed E-state index contributed by atoms with van der Waals surface area (Å²) in [7, 11) is 0. The lowest BCUT2D eigenvalue weighted by molar-refractivity contribution is 0.371. The molecule has 1 heterocycles. The van der Waals surface area contributed by atoms with Crippen LogP contribution in [0.15, 0.2) is 35.0 Å². The van der Waals surface area contributed by atoms with E-state index in [2.05, 4.69) is 10.5 Å². The van der Waals surface area contributed by atoms with Gasteiger partial charge in [-0.25, -0.2) is 8.78 Å². The molecule has 0 aliphatic rings. The Bertz CT molecular complexity index is 437. The fourth-order valence-electron chi connectivity index (χ4n) is 1.35. The highest BCUT2D eigenvalue weighted by Crippen LogP contribution is 2.11. The second-order valence-electron chi connectivity index (χ2n) is 3.28. The van der Waals surface area contributed by atoms with Gasteiger partial charge in [0.05, 0.1) is 12.7 Å². The summed E-state index contributed by atoms with van der Waals surface area (Å²) in [6.07, 6.45) is 1.51. The van der Waals surface area contributed by atoms with E-state index in [1.165, 1.54) is 24.4 Å². The highest BCUT2D eigenvalue weighted by atomic mass is 19.1. The number of nitrogens with one attached hydrogen (secondary N) is 1. The standard InChI is InChI=1S/C11H10F2N2O/c12-10-2-1-3-11(13)9(10)7-14-6-8-4-5-15-16-8/h1-5,14H,6-7H2. The molecule has 2 rings (SSSR count). The van der Waals surface area contributed by atoms with Crippen molar-refractivity contribution in [3.8, 4) is 0 Å². The van der Waals surface area contributed by atoms with Gasteiger partial charge in [0, 0.05) is 18.2 Å². The van der Waals surface area contributed by atoms with Crippen molar-refractivity contribution in [2.75, 3.05) is 0 Å². The molecule has 0 atom stereocenters. The molecular weight excluding hydrogens is 214 g/mol. The van der Waals surface area contributed by atoms with Crippen LogP contribution in [-0.4, -0.2) is 5.16 Å². The molecule has 0 aliphatic carbocycles. The number of nitrogens with zero attached hydrogens (tertiary/aromatic N) is 1. The Kier molecular flexibility index (Phi) is 3.26. The molecule has 0 saturated heterocycles. The molecule has 0 radical (unpaired) electrons. The predicted octanol–water partition coefficient (Wildman–Crippen LogP) is 2.24. The van der Waals surface area contributed by atoms with Gasteiger partial charge < -0.3 is 9.84 Å². The molecule has 0 fully saturated rings. The third-order valence-electron chi connectivity index (χ3n) is 2.15. The van der Waals surface area contributed by atoms with Crippen LogP contribution in [0.3, 0.4) is 0 Å². The van der Waals surface area contributed by atoms with Crippen LogP contribution >= 0.6 is 0 Å². The maximum Gasteiger partial charge on any atom is 0.150 e. The first-order valence-electron chi connectivity index (χ1n) is 4.80. The molecule has 0 unspecified atom stereocenters. The Labute approximate surface area is 91.1 Å². The summed E-state index contributed by atoms with van der Waals surface area (Å²) in [4.78, 5) is 0. The number of benzene rings is 1. The SMILES string of the molecule is Fc1cccc(F)c1CNCc1ccno1. The van der Waals surface area contributed by atoms with E-state index in [1.807, 2.05) is 0 Å². The third kappa shape index (κ3) is 2.43. The van der Waals surface area contributed by atoms with Crippen LogP contribution in [0.1, 0.15) is 11.3 Å². The lowest BCUT2D eigenvalue weighted by Gasteiger charge is -2.05. The van der Waals surface area contributed by atoms with E-state index < -0.39 is 11.6 Å². The Morgan fingerprint density at radius 3 is 2.50 bits per heavy atom. The van der Waals surface area contributed by atoms with Crippen LogP contribution in [0.25, 0.3) is 0 Å². The summed E-state index contributed by atoms with van der Waals surface area (Å²) in [5, 5.41) is 6.39. The molecule has 3 nitrogen and oxygen atoms in total. The highest BCUT2D eigenvalue weighted by molar-refractivity contribution is 5.19. The van der Waals surface area contributed by atoms with E-state index in [0.29, 0.717) is 12.3 Å². The molecule has 5 heteroatoms. The van der Waals surface area contributed by atoms with Gasteiger partial charge in [0.1, 0.15) is 17.4 Å². The molecule has 84 valence electrons. The van der Waals surface area contributed by atoms with Crippen LogP contribution in [0.4, 0.5) is 8.78 Å². The molecule has 1 aromatic heterocycles. The Hall–Kier alpha value is -1.75. The zero-order valence-corrected chi connectivity index (χ0v) is 8.41. The Morgan fingerprint density at radius 1 is 1.12 bits per heavy atom. The lowest BCUT2D eigenvalue weighted by Crippen LogP contribution is -2.14. The summed E-state index contributed by atoms with van der Waals surface area (Å²) >= 11 is 0. The van der Waals surface area contributed by atoms with Crippen LogP contribution in [0, 0.1) is 11.6 Å². The van der Waals surface area contributed by atoms with Crippen molar-refractivity contribution in [2.24, 2.45) is 0 Å². The summed E-state index contributed by atoms with van der Waals surface area (Å²) < 4.78 is 31.2. The van der Waals surface area contributed by atoms with Crippen molar-refractivity contribution in [3.63, 3.8) is 0 Å². The van der Waals surface area contributed by atoms with Crippen molar-refractivity contribution >= 4 is 0 Å². The number of halogens is 2. The summed E-state index contributed by atoms with van der Waals surface area (Å²) in [5.41, 5.74) is 0.0296. The van der Waals surface area contributed by atoms with E-state index >= 15 is 0 Å². The number of aromatic nitrogens is 1. The minimum Gasteiger partial charge on any atom is -0.360 e. The number of hydrogen-bond acceptors (Lipinski definition) is 3. The van der Waals surface area contributed by atoms with Crippen molar-refractivity contribution in [3.05, 3.63) is 53.4 Å². The number of rotatable bonds is 4. The third-order valence-corrected chi connectivity index (χ3v) is 2.15. The molecule has 1 aromatic carbocycles. The maximum atomic E-state index is 13.2. The average molecular weight is 224 g/mol. The van der Waals surface area contributed by atoms with Crippen molar-refractivity contribution < 1.29 is 13.3 Å². The minimum absolute atomic E-state index is 0.0296. The van der Waals surface area contributed by atoms with E-state index in [9.17, 15) is 8.78 Å². The van der Waals surface area contributed by atoms with Crippen LogP contribution in [-0.2, 0) is 13.1 Å². The fourth-order valence-corrected chi connectivity index (χ4v) is 1.35. The quantitative estimate of drug-likeness (QED) is 0.865. The zero-order chi connectivity index (χ0) is 11.4. The van der Waals surface area contributed by atoms with Gasteiger partial charge in [-0.15, -0.1) is 0 Å². The highest BCUT2D eigenvalue weighted by Gasteiger charge is 2.07. The predicted molar refractivity (Wildman–Crippen MR) is 53.4 cm³/mol. The van der Waals surface area contributed by atoms with Crippen molar-refractivity contribution in [1.29, 1.82) is 0 Å². The smallest absolute Gasteiger partial charge is 0.150 e. The van der Waals surface area contributed by atoms with Crippen molar-refractivity contribution in [2.45, 2.75) is 13.1 Å². The summed E-state index contributed by atoms with van der Waals surface area (Å²) in [5.74, 6) is -0.480. The van der Waals surface area contributed by atoms with Gasteiger partial charge in [0.15, 0.2) is 0 Å². The summed E-state index contributed by atoms with van der Waals surface area (Å²) in [6, 6.07) is 5.48. The molecule has 0 aliphatic heterocycles. The largest absolute Gasteiger partial charge is 0.360 e. The number of hydrogen-bond donors (Lipinski definition) is 1. The Balaban J connectivity index is 1.95. The van der Waals surface area contributed by atoms with E-state index in [-0.39, 0.29) is 12.1 Å². The molecule has 16 heavy (non-hydrogen) atoms. The molecular formula is C11H10F2N2O.